The molecule has 0 radical (unpaired) electrons. The van der Waals surface area contributed by atoms with Crippen LogP contribution >= 0.6 is 0 Å². The molecule has 1 aliphatic heterocycles. The number of sulfonamides is 1. The molecule has 0 bridgehead atoms. The van der Waals surface area contributed by atoms with Gasteiger partial charge in [0.15, 0.2) is 0 Å². The predicted octanol–water partition coefficient (Wildman–Crippen LogP) is 2.50. The summed E-state index contributed by atoms with van der Waals surface area (Å²) in [5.41, 5.74) is 3.00. The minimum Gasteiger partial charge on any atom is -0.325 e. The molecule has 1 aliphatic rings. The topological polar surface area (TPSA) is 69.7 Å². The van der Waals surface area contributed by atoms with Crippen LogP contribution < -0.4 is 5.32 Å². The van der Waals surface area contributed by atoms with Crippen molar-refractivity contribution < 1.29 is 13.2 Å². The van der Waals surface area contributed by atoms with Crippen molar-refractivity contribution in [2.24, 2.45) is 0 Å². The molecule has 150 valence electrons. The quantitative estimate of drug-likeness (QED) is 0.807. The maximum Gasteiger partial charge on any atom is 0.243 e. The summed E-state index contributed by atoms with van der Waals surface area (Å²) >= 11 is 0. The van der Waals surface area contributed by atoms with Crippen molar-refractivity contribution in [3.05, 3.63) is 59.7 Å². The number of amides is 1. The van der Waals surface area contributed by atoms with Crippen LogP contribution in [0.3, 0.4) is 0 Å². The zero-order chi connectivity index (χ0) is 20.1. The maximum atomic E-state index is 12.8. The molecule has 0 aliphatic carbocycles. The van der Waals surface area contributed by atoms with E-state index in [4.69, 9.17) is 0 Å². The zero-order valence-corrected chi connectivity index (χ0v) is 17.2. The van der Waals surface area contributed by atoms with Crippen LogP contribution in [0, 0.1) is 6.92 Å². The Morgan fingerprint density at radius 2 is 1.71 bits per heavy atom. The minimum atomic E-state index is -3.48. The largest absolute Gasteiger partial charge is 0.325 e. The van der Waals surface area contributed by atoms with Gasteiger partial charge in [0.2, 0.25) is 15.9 Å². The Balaban J connectivity index is 1.53. The third kappa shape index (κ3) is 4.98. The second-order valence-electron chi connectivity index (χ2n) is 7.10. The van der Waals surface area contributed by atoms with Crippen molar-refractivity contribution >= 4 is 21.6 Å². The van der Waals surface area contributed by atoms with E-state index in [0.29, 0.717) is 31.1 Å². The smallest absolute Gasteiger partial charge is 0.243 e. The number of piperazine rings is 1. The van der Waals surface area contributed by atoms with Gasteiger partial charge >= 0.3 is 0 Å². The molecule has 1 fully saturated rings. The summed E-state index contributed by atoms with van der Waals surface area (Å²) in [6.45, 7) is 6.10. The van der Waals surface area contributed by atoms with Crippen LogP contribution in [0.1, 0.15) is 18.1 Å². The Bertz CT molecular complexity index is 918. The van der Waals surface area contributed by atoms with E-state index in [1.54, 1.807) is 24.3 Å². The van der Waals surface area contributed by atoms with Crippen LogP contribution in [0.25, 0.3) is 0 Å². The van der Waals surface area contributed by atoms with E-state index in [-0.39, 0.29) is 12.5 Å². The number of rotatable bonds is 6. The van der Waals surface area contributed by atoms with Gasteiger partial charge in [0.05, 0.1) is 11.4 Å². The Kier molecular flexibility index (Phi) is 6.49. The highest BCUT2D eigenvalue weighted by Crippen LogP contribution is 2.18. The van der Waals surface area contributed by atoms with Crippen LogP contribution in [0.2, 0.25) is 0 Å². The molecule has 1 heterocycles. The highest BCUT2D eigenvalue weighted by atomic mass is 32.2. The van der Waals surface area contributed by atoms with E-state index >= 15 is 0 Å². The van der Waals surface area contributed by atoms with Gasteiger partial charge in [-0.05, 0) is 43.2 Å². The average Bonchev–Trinajstić information content (AvgIpc) is 2.69. The van der Waals surface area contributed by atoms with Gasteiger partial charge < -0.3 is 5.32 Å². The highest BCUT2D eigenvalue weighted by molar-refractivity contribution is 7.89. The summed E-state index contributed by atoms with van der Waals surface area (Å²) in [6, 6.07) is 14.7. The summed E-state index contributed by atoms with van der Waals surface area (Å²) in [4.78, 5) is 14.6. The first-order valence-corrected chi connectivity index (χ1v) is 11.0. The van der Waals surface area contributed by atoms with E-state index in [9.17, 15) is 13.2 Å². The van der Waals surface area contributed by atoms with Crippen molar-refractivity contribution in [2.45, 2.75) is 25.2 Å². The van der Waals surface area contributed by atoms with E-state index in [2.05, 4.69) is 12.2 Å². The molecule has 2 aromatic carbocycles. The van der Waals surface area contributed by atoms with Crippen molar-refractivity contribution in [2.75, 3.05) is 38.0 Å². The summed E-state index contributed by atoms with van der Waals surface area (Å²) in [5.74, 6) is -0.0805. The standard InChI is InChI=1S/C21H27N3O3S/c1-3-18-5-4-6-19(15-18)22-21(25)16-23-11-13-24(14-12-23)28(26,27)20-9-7-17(2)8-10-20/h4-10,15H,3,11-14,16H2,1-2H3,(H,22,25). The van der Waals surface area contributed by atoms with Gasteiger partial charge in [-0.1, -0.05) is 36.8 Å². The molecular formula is C21H27N3O3S. The number of anilines is 1. The molecule has 1 amide bonds. The number of nitrogens with zero attached hydrogens (tertiary/aromatic N) is 2. The van der Waals surface area contributed by atoms with Crippen molar-refractivity contribution in [3.8, 4) is 0 Å². The number of nitrogens with one attached hydrogen (secondary N) is 1. The number of hydrogen-bond acceptors (Lipinski definition) is 4. The van der Waals surface area contributed by atoms with Gasteiger partial charge in [-0.2, -0.15) is 4.31 Å². The van der Waals surface area contributed by atoms with Crippen LogP contribution in [-0.2, 0) is 21.2 Å². The summed E-state index contributed by atoms with van der Waals surface area (Å²) in [7, 11) is -3.48. The van der Waals surface area contributed by atoms with E-state index in [1.165, 1.54) is 9.87 Å². The third-order valence-corrected chi connectivity index (χ3v) is 6.89. The fourth-order valence-electron chi connectivity index (χ4n) is 3.26. The fourth-order valence-corrected chi connectivity index (χ4v) is 4.68. The second-order valence-corrected chi connectivity index (χ2v) is 9.03. The molecule has 0 aromatic heterocycles. The molecule has 0 saturated carbocycles. The van der Waals surface area contributed by atoms with Gasteiger partial charge in [-0.3, -0.25) is 9.69 Å². The van der Waals surface area contributed by atoms with E-state index in [1.807, 2.05) is 36.1 Å². The molecule has 1 saturated heterocycles. The maximum absolute atomic E-state index is 12.8. The predicted molar refractivity (Wildman–Crippen MR) is 111 cm³/mol. The van der Waals surface area contributed by atoms with Crippen LogP contribution in [0.5, 0.6) is 0 Å². The lowest BCUT2D eigenvalue weighted by atomic mass is 10.1. The molecule has 7 heteroatoms. The monoisotopic (exact) mass is 401 g/mol. The van der Waals surface area contributed by atoms with Gasteiger partial charge in [0.1, 0.15) is 0 Å². The van der Waals surface area contributed by atoms with Gasteiger partial charge in [0, 0.05) is 31.9 Å². The first-order valence-electron chi connectivity index (χ1n) is 9.56. The first kappa shape index (κ1) is 20.5. The van der Waals surface area contributed by atoms with Crippen molar-refractivity contribution in [1.82, 2.24) is 9.21 Å². The van der Waals surface area contributed by atoms with E-state index in [0.717, 1.165) is 17.7 Å². The molecule has 2 aromatic rings. The molecule has 3 rings (SSSR count). The number of carbonyl (C=O) groups is 1. The lowest BCUT2D eigenvalue weighted by molar-refractivity contribution is -0.117. The Hall–Kier alpha value is -2.22. The zero-order valence-electron chi connectivity index (χ0n) is 16.4. The molecule has 0 spiro atoms. The number of aryl methyl sites for hydroxylation is 2. The van der Waals surface area contributed by atoms with Crippen LogP contribution in [0.15, 0.2) is 53.4 Å². The van der Waals surface area contributed by atoms with Gasteiger partial charge in [-0.25, -0.2) is 8.42 Å². The van der Waals surface area contributed by atoms with Crippen molar-refractivity contribution in [3.63, 3.8) is 0 Å². The molecular weight excluding hydrogens is 374 g/mol. The fraction of sp³-hybridized carbons (Fsp3) is 0.381. The highest BCUT2D eigenvalue weighted by Gasteiger charge is 2.28. The van der Waals surface area contributed by atoms with Crippen LogP contribution in [0.4, 0.5) is 5.69 Å². The Morgan fingerprint density at radius 3 is 2.36 bits per heavy atom. The summed E-state index contributed by atoms with van der Waals surface area (Å²) < 4.78 is 27.0. The Labute approximate surface area is 167 Å². The Morgan fingerprint density at radius 1 is 1.04 bits per heavy atom. The second kappa shape index (κ2) is 8.86. The molecule has 0 unspecified atom stereocenters. The molecule has 1 N–H and O–H groups in total. The lowest BCUT2D eigenvalue weighted by Gasteiger charge is -2.33. The first-order chi connectivity index (χ1) is 13.4. The average molecular weight is 402 g/mol. The summed E-state index contributed by atoms with van der Waals surface area (Å²) in [5, 5.41) is 2.92. The number of benzene rings is 2. The normalized spacial score (nSPS) is 16.1. The third-order valence-electron chi connectivity index (χ3n) is 4.98. The number of hydrogen-bond donors (Lipinski definition) is 1. The molecule has 0 atom stereocenters. The van der Waals surface area contributed by atoms with Gasteiger partial charge in [-0.15, -0.1) is 0 Å². The number of carbonyl (C=O) groups excluding carboxylic acids is 1. The van der Waals surface area contributed by atoms with Gasteiger partial charge in [0.25, 0.3) is 0 Å². The lowest BCUT2D eigenvalue weighted by Crippen LogP contribution is -2.50. The molecule has 6 nitrogen and oxygen atoms in total. The SMILES string of the molecule is CCc1cccc(NC(=O)CN2CCN(S(=O)(=O)c3ccc(C)cc3)CC2)c1. The minimum absolute atomic E-state index is 0.0805. The van der Waals surface area contributed by atoms with Crippen LogP contribution in [-0.4, -0.2) is 56.3 Å². The van der Waals surface area contributed by atoms with E-state index < -0.39 is 10.0 Å². The van der Waals surface area contributed by atoms with Crippen molar-refractivity contribution in [1.29, 1.82) is 0 Å². The summed E-state index contributed by atoms with van der Waals surface area (Å²) in [6.07, 6.45) is 0.918. The molecule has 28 heavy (non-hydrogen) atoms.